The normalized spacial score (nSPS) is 11.4. The van der Waals surface area contributed by atoms with E-state index in [-0.39, 0.29) is 0 Å². The number of carbonyl (C=O) groups is 2. The van der Waals surface area contributed by atoms with Gasteiger partial charge in [-0.1, -0.05) is 63.3 Å². The van der Waals surface area contributed by atoms with E-state index in [9.17, 15) is 9.59 Å². The second kappa shape index (κ2) is 17.8. The van der Waals surface area contributed by atoms with E-state index in [0.717, 1.165) is 32.1 Å². The molecule has 0 aromatic carbocycles. The monoisotopic (exact) mass is 338 g/mol. The second-order valence-electron chi connectivity index (χ2n) is 6.04. The fourth-order valence-corrected chi connectivity index (χ4v) is 2.30. The highest BCUT2D eigenvalue weighted by atomic mass is 16.5. The van der Waals surface area contributed by atoms with E-state index in [1.807, 2.05) is 0 Å². The smallest absolute Gasteiger partial charge is 0.341 e. The fourth-order valence-electron chi connectivity index (χ4n) is 2.30. The van der Waals surface area contributed by atoms with Crippen molar-refractivity contribution in [3.8, 4) is 0 Å². The van der Waals surface area contributed by atoms with Gasteiger partial charge in [0.05, 0.1) is 0 Å². The summed E-state index contributed by atoms with van der Waals surface area (Å²) >= 11 is 0. The number of hydrogen-bond acceptors (Lipinski definition) is 3. The molecule has 0 aliphatic carbocycles. The molecule has 138 valence electrons. The number of ether oxygens (including phenoxy) is 1. The maximum absolute atomic E-state index is 11.2. The Labute approximate surface area is 147 Å². The van der Waals surface area contributed by atoms with E-state index < -0.39 is 18.5 Å². The van der Waals surface area contributed by atoms with E-state index >= 15 is 0 Å². The lowest BCUT2D eigenvalue weighted by Gasteiger charge is -2.02. The van der Waals surface area contributed by atoms with Gasteiger partial charge in [0.1, 0.15) is 0 Å². The third-order valence-electron chi connectivity index (χ3n) is 3.69. The van der Waals surface area contributed by atoms with Crippen LogP contribution in [0.1, 0.15) is 84.0 Å². The van der Waals surface area contributed by atoms with E-state index in [1.54, 1.807) is 0 Å². The Morgan fingerprint density at radius 1 is 0.833 bits per heavy atom. The van der Waals surface area contributed by atoms with Gasteiger partial charge in [0.2, 0.25) is 0 Å². The van der Waals surface area contributed by atoms with Crippen molar-refractivity contribution in [2.75, 3.05) is 6.61 Å². The summed E-state index contributed by atoms with van der Waals surface area (Å²) in [6.07, 6.45) is 21.8. The van der Waals surface area contributed by atoms with Crippen LogP contribution in [0.3, 0.4) is 0 Å². The number of aliphatic carboxylic acids is 1. The number of carboxylic acid groups (broad SMARTS) is 1. The summed E-state index contributed by atoms with van der Waals surface area (Å²) in [4.78, 5) is 21.4. The standard InChI is InChI=1S/C20H34O4/c1-2-3-4-5-6-7-8-9-10-11-12-13-14-15-16-17-20(23)24-18-19(21)22/h6-7,9-10H,2-5,8,11-18H2,1H3,(H,21,22)/b7-6-,10-9-. The van der Waals surface area contributed by atoms with Gasteiger partial charge in [-0.15, -0.1) is 0 Å². The van der Waals surface area contributed by atoms with E-state index in [2.05, 4.69) is 36.0 Å². The first-order chi connectivity index (χ1) is 11.7. The van der Waals surface area contributed by atoms with Crippen LogP contribution in [-0.2, 0) is 14.3 Å². The van der Waals surface area contributed by atoms with Crippen molar-refractivity contribution in [1.82, 2.24) is 0 Å². The zero-order chi connectivity index (χ0) is 17.9. The molecule has 0 fully saturated rings. The van der Waals surface area contributed by atoms with Gasteiger partial charge in [0.25, 0.3) is 0 Å². The average molecular weight is 338 g/mol. The van der Waals surface area contributed by atoms with Crippen molar-refractivity contribution in [1.29, 1.82) is 0 Å². The molecule has 0 saturated heterocycles. The Morgan fingerprint density at radius 3 is 2.04 bits per heavy atom. The molecular weight excluding hydrogens is 304 g/mol. The summed E-state index contributed by atoms with van der Waals surface area (Å²) in [5.41, 5.74) is 0. The lowest BCUT2D eigenvalue weighted by Crippen LogP contribution is -2.12. The van der Waals surface area contributed by atoms with E-state index in [1.165, 1.54) is 38.5 Å². The zero-order valence-corrected chi connectivity index (χ0v) is 15.2. The lowest BCUT2D eigenvalue weighted by molar-refractivity contribution is -0.155. The van der Waals surface area contributed by atoms with Gasteiger partial charge in [-0.3, -0.25) is 4.79 Å². The minimum Gasteiger partial charge on any atom is -0.479 e. The summed E-state index contributed by atoms with van der Waals surface area (Å²) in [6.45, 7) is 1.70. The van der Waals surface area contributed by atoms with Crippen molar-refractivity contribution < 1.29 is 19.4 Å². The molecule has 0 aromatic rings. The largest absolute Gasteiger partial charge is 0.479 e. The Bertz CT molecular complexity index is 372. The first kappa shape index (κ1) is 22.4. The Balaban J connectivity index is 3.28. The zero-order valence-electron chi connectivity index (χ0n) is 15.2. The summed E-state index contributed by atoms with van der Waals surface area (Å²) in [6, 6.07) is 0. The maximum Gasteiger partial charge on any atom is 0.341 e. The quantitative estimate of drug-likeness (QED) is 0.232. The van der Waals surface area contributed by atoms with Gasteiger partial charge in [0.15, 0.2) is 6.61 Å². The van der Waals surface area contributed by atoms with Gasteiger partial charge >= 0.3 is 11.9 Å². The average Bonchev–Trinajstić information content (AvgIpc) is 2.56. The predicted octanol–water partition coefficient (Wildman–Crippen LogP) is 5.43. The van der Waals surface area contributed by atoms with Gasteiger partial charge in [-0.25, -0.2) is 4.79 Å². The highest BCUT2D eigenvalue weighted by Crippen LogP contribution is 2.08. The van der Waals surface area contributed by atoms with Crippen molar-refractivity contribution in [2.45, 2.75) is 84.0 Å². The number of rotatable bonds is 16. The summed E-state index contributed by atoms with van der Waals surface area (Å²) in [7, 11) is 0. The molecule has 1 N–H and O–H groups in total. The molecule has 0 unspecified atom stereocenters. The van der Waals surface area contributed by atoms with Crippen molar-refractivity contribution in [2.24, 2.45) is 0 Å². The molecule has 0 spiro atoms. The molecular formula is C20H34O4. The van der Waals surface area contributed by atoms with E-state index in [4.69, 9.17) is 5.11 Å². The van der Waals surface area contributed by atoms with E-state index in [0.29, 0.717) is 6.42 Å². The number of esters is 1. The molecule has 0 amide bonds. The van der Waals surface area contributed by atoms with Gasteiger partial charge in [-0.05, 0) is 38.5 Å². The topological polar surface area (TPSA) is 63.6 Å². The lowest BCUT2D eigenvalue weighted by atomic mass is 10.1. The van der Waals surface area contributed by atoms with Gasteiger partial charge < -0.3 is 9.84 Å². The first-order valence-electron chi connectivity index (χ1n) is 9.34. The molecule has 0 aliphatic rings. The Kier molecular flexibility index (Phi) is 16.6. The summed E-state index contributed by atoms with van der Waals surface area (Å²) < 4.78 is 4.57. The summed E-state index contributed by atoms with van der Waals surface area (Å²) in [5.74, 6) is -1.52. The molecule has 0 bridgehead atoms. The van der Waals surface area contributed by atoms with Gasteiger partial charge in [0, 0.05) is 6.42 Å². The molecule has 4 heteroatoms. The first-order valence-corrected chi connectivity index (χ1v) is 9.34. The van der Waals surface area contributed by atoms with Crippen molar-refractivity contribution >= 4 is 11.9 Å². The maximum atomic E-state index is 11.2. The molecule has 0 radical (unpaired) electrons. The van der Waals surface area contributed by atoms with Crippen LogP contribution in [-0.4, -0.2) is 23.7 Å². The van der Waals surface area contributed by atoms with Crippen LogP contribution in [0.25, 0.3) is 0 Å². The van der Waals surface area contributed by atoms with Crippen LogP contribution < -0.4 is 0 Å². The van der Waals surface area contributed by atoms with Crippen LogP contribution in [0, 0.1) is 0 Å². The molecule has 0 rings (SSSR count). The van der Waals surface area contributed by atoms with Crippen LogP contribution in [0.2, 0.25) is 0 Å². The van der Waals surface area contributed by atoms with Crippen LogP contribution >= 0.6 is 0 Å². The number of allylic oxidation sites excluding steroid dienone is 4. The van der Waals surface area contributed by atoms with Crippen molar-refractivity contribution in [3.05, 3.63) is 24.3 Å². The summed E-state index contributed by atoms with van der Waals surface area (Å²) in [5, 5.41) is 8.38. The SMILES string of the molecule is CCCCC/C=C\C/C=C\CCCCCCCC(=O)OCC(=O)O. The highest BCUT2D eigenvalue weighted by molar-refractivity contribution is 5.75. The Morgan fingerprint density at radius 2 is 1.42 bits per heavy atom. The predicted molar refractivity (Wildman–Crippen MR) is 98.0 cm³/mol. The number of carboxylic acids is 1. The number of hydrogen-bond donors (Lipinski definition) is 1. The molecule has 24 heavy (non-hydrogen) atoms. The Hall–Kier alpha value is -1.58. The third-order valence-corrected chi connectivity index (χ3v) is 3.69. The molecule has 0 atom stereocenters. The number of unbranched alkanes of at least 4 members (excludes halogenated alkanes) is 8. The highest BCUT2D eigenvalue weighted by Gasteiger charge is 2.05. The minimum absolute atomic E-state index is 0.317. The molecule has 0 heterocycles. The third kappa shape index (κ3) is 18.5. The van der Waals surface area contributed by atoms with Crippen LogP contribution in [0.5, 0.6) is 0 Å². The molecule has 0 saturated carbocycles. The fraction of sp³-hybridized carbons (Fsp3) is 0.700. The molecule has 0 aliphatic heterocycles. The second-order valence-corrected chi connectivity index (χ2v) is 6.04. The van der Waals surface area contributed by atoms with Crippen LogP contribution in [0.4, 0.5) is 0 Å². The number of carbonyl (C=O) groups excluding carboxylic acids is 1. The van der Waals surface area contributed by atoms with Gasteiger partial charge in [-0.2, -0.15) is 0 Å². The van der Waals surface area contributed by atoms with Crippen LogP contribution in [0.15, 0.2) is 24.3 Å². The molecule has 4 nitrogen and oxygen atoms in total. The van der Waals surface area contributed by atoms with Crippen molar-refractivity contribution in [3.63, 3.8) is 0 Å². The minimum atomic E-state index is -1.11. The molecule has 0 aromatic heterocycles.